The summed E-state index contributed by atoms with van der Waals surface area (Å²) in [6.45, 7) is 2.21. The molecule has 2 rings (SSSR count). The highest BCUT2D eigenvalue weighted by Crippen LogP contribution is 2.49. The quantitative estimate of drug-likeness (QED) is 0.710. The van der Waals surface area contributed by atoms with Crippen molar-refractivity contribution in [1.29, 1.82) is 0 Å². The van der Waals surface area contributed by atoms with Gasteiger partial charge in [-0.2, -0.15) is 0 Å². The Morgan fingerprint density at radius 2 is 1.68 bits per heavy atom. The predicted molar refractivity (Wildman–Crippen MR) is 88.6 cm³/mol. The molecule has 1 aliphatic rings. The van der Waals surface area contributed by atoms with Crippen LogP contribution in [-0.2, 0) is 0 Å². The van der Waals surface area contributed by atoms with Crippen molar-refractivity contribution in [3.63, 3.8) is 0 Å². The summed E-state index contributed by atoms with van der Waals surface area (Å²) in [7, 11) is 3.94. The van der Waals surface area contributed by atoms with E-state index in [9.17, 15) is 0 Å². The van der Waals surface area contributed by atoms with Crippen LogP contribution >= 0.6 is 10.0 Å². The van der Waals surface area contributed by atoms with Crippen LogP contribution in [0.15, 0.2) is 47.5 Å². The minimum atomic E-state index is -0.654. The van der Waals surface area contributed by atoms with Crippen LogP contribution in [0, 0.1) is 6.92 Å². The highest BCUT2D eigenvalue weighted by molar-refractivity contribution is 8.35. The second kappa shape index (κ2) is 4.84. The zero-order valence-electron chi connectivity index (χ0n) is 13.0. The Balaban J connectivity index is 2.41. The minimum Gasteiger partial charge on any atom is -0.292 e. The molecule has 1 nitrogen and oxygen atoms in total. The second-order valence-electron chi connectivity index (χ2n) is 6.66. The molecular weight excluding hydrogens is 250 g/mol. The van der Waals surface area contributed by atoms with Gasteiger partial charge in [0.25, 0.3) is 0 Å². The summed E-state index contributed by atoms with van der Waals surface area (Å²) in [4.78, 5) is 1.50. The molecule has 104 valence electrons. The van der Waals surface area contributed by atoms with Gasteiger partial charge in [0.15, 0.2) is 0 Å². The summed E-state index contributed by atoms with van der Waals surface area (Å²) < 4.78 is 0.904. The Labute approximate surface area is 119 Å². The van der Waals surface area contributed by atoms with Crippen molar-refractivity contribution in [2.24, 2.45) is 0 Å². The van der Waals surface area contributed by atoms with E-state index in [-0.39, 0.29) is 0 Å². The summed E-state index contributed by atoms with van der Waals surface area (Å²) in [6.07, 6.45) is 14.2. The molecule has 19 heavy (non-hydrogen) atoms. The van der Waals surface area contributed by atoms with Crippen molar-refractivity contribution < 1.29 is 4.48 Å². The molecule has 1 atom stereocenters. The van der Waals surface area contributed by atoms with Crippen LogP contribution in [-0.4, -0.2) is 37.3 Å². The molecule has 0 amide bonds. The van der Waals surface area contributed by atoms with Crippen LogP contribution in [0.2, 0.25) is 0 Å². The van der Waals surface area contributed by atoms with Crippen LogP contribution in [0.25, 0.3) is 0 Å². The molecule has 0 saturated carbocycles. The monoisotopic (exact) mass is 276 g/mol. The average Bonchev–Trinajstić information content (AvgIpc) is 2.28. The van der Waals surface area contributed by atoms with E-state index in [1.54, 1.807) is 0 Å². The Bertz CT molecular complexity index is 532. The SMILES string of the molecule is Cc1ccccc1C1C=CC(S(C)(C)C)=C[N+]1(C)C. The van der Waals surface area contributed by atoms with Gasteiger partial charge in [-0.15, -0.1) is 0 Å². The number of nitrogens with zero attached hydrogens (tertiary/aromatic N) is 1. The van der Waals surface area contributed by atoms with Crippen molar-refractivity contribution in [2.45, 2.75) is 13.0 Å². The molecule has 1 unspecified atom stereocenters. The average molecular weight is 276 g/mol. The predicted octanol–water partition coefficient (Wildman–Crippen LogP) is 4.22. The molecule has 2 heteroatoms. The van der Waals surface area contributed by atoms with Gasteiger partial charge in [-0.3, -0.25) is 4.48 Å². The van der Waals surface area contributed by atoms with Gasteiger partial charge in [-0.1, -0.05) is 24.3 Å². The van der Waals surface area contributed by atoms with E-state index in [1.165, 1.54) is 16.0 Å². The lowest BCUT2D eigenvalue weighted by molar-refractivity contribution is -0.865. The summed E-state index contributed by atoms with van der Waals surface area (Å²) >= 11 is 0. The first kappa shape index (κ1) is 14.4. The van der Waals surface area contributed by atoms with Gasteiger partial charge in [-0.25, -0.2) is 10.0 Å². The van der Waals surface area contributed by atoms with Gasteiger partial charge in [0, 0.05) is 10.5 Å². The van der Waals surface area contributed by atoms with E-state index in [0.717, 1.165) is 4.48 Å². The third-order valence-corrected chi connectivity index (χ3v) is 5.49. The molecule has 0 fully saturated rings. The number of likely N-dealkylation sites (N-methyl/N-ethyl adjacent to an activating group) is 1. The molecule has 0 N–H and O–H groups in total. The molecule has 0 saturated heterocycles. The molecule has 1 heterocycles. The van der Waals surface area contributed by atoms with Crippen molar-refractivity contribution in [3.05, 3.63) is 58.6 Å². The maximum atomic E-state index is 2.44. The smallest absolute Gasteiger partial charge is 0.138 e. The second-order valence-corrected chi connectivity index (χ2v) is 10.8. The molecule has 0 spiro atoms. The van der Waals surface area contributed by atoms with E-state index in [2.05, 4.69) is 82.4 Å². The van der Waals surface area contributed by atoms with Crippen LogP contribution in [0.4, 0.5) is 0 Å². The van der Waals surface area contributed by atoms with E-state index >= 15 is 0 Å². The standard InChI is InChI=1S/C17H26NS/c1-14-9-7-8-10-16(14)17-12-11-15(19(4,5)6)13-18(17,2)3/h7-13,17H,1-6H3/q+1. The molecule has 1 aromatic rings. The van der Waals surface area contributed by atoms with Crippen molar-refractivity contribution in [3.8, 4) is 0 Å². The highest BCUT2D eigenvalue weighted by atomic mass is 32.3. The Hall–Kier alpha value is -0.990. The van der Waals surface area contributed by atoms with Crippen molar-refractivity contribution in [2.75, 3.05) is 32.9 Å². The normalized spacial score (nSPS) is 23.1. The van der Waals surface area contributed by atoms with Crippen molar-refractivity contribution in [1.82, 2.24) is 0 Å². The summed E-state index contributed by atoms with van der Waals surface area (Å²) in [5.74, 6) is 0. The van der Waals surface area contributed by atoms with E-state index in [4.69, 9.17) is 0 Å². The fourth-order valence-electron chi connectivity index (χ4n) is 2.60. The summed E-state index contributed by atoms with van der Waals surface area (Å²) in [6, 6.07) is 9.15. The number of aryl methyl sites for hydroxylation is 1. The first-order valence-corrected chi connectivity index (χ1v) is 9.56. The number of allylic oxidation sites excluding steroid dienone is 1. The minimum absolute atomic E-state index is 0.423. The number of rotatable bonds is 2. The third kappa shape index (κ3) is 2.96. The Morgan fingerprint density at radius 1 is 1.05 bits per heavy atom. The maximum absolute atomic E-state index is 2.44. The lowest BCUT2D eigenvalue weighted by Gasteiger charge is -2.40. The van der Waals surface area contributed by atoms with E-state index in [0.29, 0.717) is 6.04 Å². The van der Waals surface area contributed by atoms with E-state index < -0.39 is 10.0 Å². The van der Waals surface area contributed by atoms with Crippen LogP contribution in [0.5, 0.6) is 0 Å². The lowest BCUT2D eigenvalue weighted by Crippen LogP contribution is -2.39. The summed E-state index contributed by atoms with van der Waals surface area (Å²) in [5, 5.41) is 0. The molecular formula is C17H26NS+. The molecule has 1 aromatic carbocycles. The molecule has 0 radical (unpaired) electrons. The molecule has 0 bridgehead atoms. The molecule has 0 aliphatic carbocycles. The summed E-state index contributed by atoms with van der Waals surface area (Å²) in [5.41, 5.74) is 2.81. The van der Waals surface area contributed by atoms with Crippen LogP contribution < -0.4 is 0 Å². The van der Waals surface area contributed by atoms with Crippen LogP contribution in [0.3, 0.4) is 0 Å². The zero-order valence-corrected chi connectivity index (χ0v) is 13.8. The zero-order chi connectivity index (χ0) is 14.3. The Morgan fingerprint density at radius 3 is 2.21 bits per heavy atom. The molecule has 1 aliphatic heterocycles. The largest absolute Gasteiger partial charge is 0.292 e. The van der Waals surface area contributed by atoms with Gasteiger partial charge < -0.3 is 0 Å². The lowest BCUT2D eigenvalue weighted by atomic mass is 9.97. The Kier molecular flexibility index (Phi) is 3.67. The third-order valence-electron chi connectivity index (χ3n) is 3.83. The first-order chi connectivity index (χ1) is 8.72. The van der Waals surface area contributed by atoms with Gasteiger partial charge in [0.2, 0.25) is 0 Å². The van der Waals surface area contributed by atoms with Gasteiger partial charge in [-0.05, 0) is 43.4 Å². The topological polar surface area (TPSA) is 0 Å². The van der Waals surface area contributed by atoms with Crippen molar-refractivity contribution >= 4 is 10.0 Å². The van der Waals surface area contributed by atoms with Gasteiger partial charge >= 0.3 is 0 Å². The maximum Gasteiger partial charge on any atom is 0.138 e. The molecule has 0 aromatic heterocycles. The fraction of sp³-hybridized carbons (Fsp3) is 0.412. The van der Waals surface area contributed by atoms with Gasteiger partial charge in [0.1, 0.15) is 12.2 Å². The number of benzene rings is 1. The fourth-order valence-corrected chi connectivity index (χ4v) is 3.68. The number of hydrogen-bond acceptors (Lipinski definition) is 0. The number of hydrogen-bond donors (Lipinski definition) is 0. The van der Waals surface area contributed by atoms with Gasteiger partial charge in [0.05, 0.1) is 14.1 Å². The van der Waals surface area contributed by atoms with E-state index in [1.807, 2.05) is 0 Å². The first-order valence-electron chi connectivity index (χ1n) is 6.70. The number of quaternary nitrogens is 1. The van der Waals surface area contributed by atoms with Crippen LogP contribution in [0.1, 0.15) is 17.2 Å². The highest BCUT2D eigenvalue weighted by Gasteiger charge is 2.32.